The van der Waals surface area contributed by atoms with E-state index in [2.05, 4.69) is 30.8 Å². The number of rotatable bonds is 14. The number of benzene rings is 2. The zero-order chi connectivity index (χ0) is 37.5. The average molecular weight is 730 g/mol. The summed E-state index contributed by atoms with van der Waals surface area (Å²) in [5.41, 5.74) is 10.6. The van der Waals surface area contributed by atoms with E-state index in [0.717, 1.165) is 52.0 Å². The maximum Gasteiger partial charge on any atom is 0.407 e. The number of nitrogens with two attached hydrogens (primary N) is 1. The fourth-order valence-corrected chi connectivity index (χ4v) is 7.08. The number of nitrogens with zero attached hydrogens (tertiary/aromatic N) is 4. The second-order valence-corrected chi connectivity index (χ2v) is 13.3. The third kappa shape index (κ3) is 8.34. The molecule has 2 aliphatic rings. The number of anilines is 1. The molecule has 0 radical (unpaired) electrons. The Morgan fingerprint density at radius 2 is 1.60 bits per heavy atom. The van der Waals surface area contributed by atoms with Crippen molar-refractivity contribution in [2.75, 3.05) is 52.9 Å². The highest BCUT2D eigenvalue weighted by Gasteiger charge is 2.38. The summed E-state index contributed by atoms with van der Waals surface area (Å²) in [6, 6.07) is 11.5. The Labute approximate surface area is 307 Å². The molecule has 2 saturated heterocycles. The number of H-pyrrole nitrogens is 2. The molecule has 4 aromatic rings. The minimum atomic E-state index is -0.893. The lowest BCUT2D eigenvalue weighted by Gasteiger charge is -2.28. The van der Waals surface area contributed by atoms with Crippen LogP contribution < -0.4 is 16.4 Å². The van der Waals surface area contributed by atoms with Crippen LogP contribution in [0.4, 0.5) is 10.6 Å². The van der Waals surface area contributed by atoms with Crippen LogP contribution in [0.2, 0.25) is 0 Å². The lowest BCUT2D eigenvalue weighted by Crippen LogP contribution is -2.52. The highest BCUT2D eigenvalue weighted by molar-refractivity contribution is 6.04. The van der Waals surface area contributed by atoms with Gasteiger partial charge in [0, 0.05) is 52.3 Å². The highest BCUT2D eigenvalue weighted by atomic mass is 16.5. The number of nitrogens with one attached hydrogen (secondary N) is 4. The number of amides is 4. The second-order valence-electron chi connectivity index (χ2n) is 13.3. The molecule has 53 heavy (non-hydrogen) atoms. The third-order valence-corrected chi connectivity index (χ3v) is 9.96. The predicted molar refractivity (Wildman–Crippen MR) is 196 cm³/mol. The fourth-order valence-electron chi connectivity index (χ4n) is 7.08. The van der Waals surface area contributed by atoms with Crippen molar-refractivity contribution < 1.29 is 33.4 Å². The molecule has 6 rings (SSSR count). The van der Waals surface area contributed by atoms with Crippen LogP contribution in [0.25, 0.3) is 33.3 Å². The number of carbonyl (C=O) groups excluding carboxylic acids is 4. The maximum atomic E-state index is 13.6. The number of fused-ring (bicyclic) bond motifs is 1. The van der Waals surface area contributed by atoms with E-state index in [1.165, 1.54) is 19.1 Å². The van der Waals surface area contributed by atoms with Gasteiger partial charge in [0.05, 0.1) is 36.6 Å². The first kappa shape index (κ1) is 37.4. The summed E-state index contributed by atoms with van der Waals surface area (Å²) in [6.45, 7) is 1.70. The van der Waals surface area contributed by atoms with Gasteiger partial charge >= 0.3 is 6.09 Å². The monoisotopic (exact) mass is 729 g/mol. The van der Waals surface area contributed by atoms with Gasteiger partial charge in [0.1, 0.15) is 17.9 Å². The van der Waals surface area contributed by atoms with Crippen LogP contribution in [0.1, 0.15) is 50.4 Å². The number of imidazole rings is 1. The molecule has 0 saturated carbocycles. The van der Waals surface area contributed by atoms with Gasteiger partial charge in [-0.3, -0.25) is 19.5 Å². The zero-order valence-corrected chi connectivity index (χ0v) is 30.2. The quantitative estimate of drug-likeness (QED) is 0.128. The molecule has 0 bridgehead atoms. The van der Waals surface area contributed by atoms with Crippen molar-refractivity contribution in [1.82, 2.24) is 35.3 Å². The van der Waals surface area contributed by atoms with Crippen LogP contribution in [0, 0.1) is 0 Å². The van der Waals surface area contributed by atoms with Crippen molar-refractivity contribution in [3.63, 3.8) is 0 Å². The van der Waals surface area contributed by atoms with Gasteiger partial charge in [-0.15, -0.1) is 0 Å². The maximum absolute atomic E-state index is 13.6. The molecule has 2 fully saturated rings. The molecule has 16 nitrogen and oxygen atoms in total. The van der Waals surface area contributed by atoms with Crippen LogP contribution in [-0.2, 0) is 28.6 Å². The van der Waals surface area contributed by atoms with Gasteiger partial charge in [0.2, 0.25) is 17.7 Å². The SMILES string of the molecule is COCC[C@H](NC(=O)OC)C(=O)N1CCC[C@H]1C(=O)Nc1n[nH]c2ccc(-c3ccc(-c4cnc([C@@H]5CCCN5C(=O)[C@@H](N)CCOC)[nH]4)cc3)cc12. The van der Waals surface area contributed by atoms with E-state index in [-0.39, 0.29) is 36.8 Å². The summed E-state index contributed by atoms with van der Waals surface area (Å²) in [5, 5.41) is 13.6. The standard InChI is InChI=1S/C37H47N9O7/c1-51-18-14-26(38)35(48)45-16-4-6-30(45)33-39-21-29(40-33)23-10-8-22(9-11-23)24-12-13-27-25(20-24)32(44-43-27)42-34(47)31-7-5-17-46(31)36(49)28(15-19-52-2)41-37(50)53-3/h8-13,20-21,26,28,30-31H,4-7,14-19,38H2,1-3H3,(H,39,40)(H,41,50)(H2,42,43,44,47)/t26-,28-,30-,31-/m0/s1. The van der Waals surface area contributed by atoms with Crippen molar-refractivity contribution in [3.8, 4) is 22.4 Å². The van der Waals surface area contributed by atoms with E-state index >= 15 is 0 Å². The summed E-state index contributed by atoms with van der Waals surface area (Å²) < 4.78 is 14.9. The van der Waals surface area contributed by atoms with E-state index in [9.17, 15) is 19.2 Å². The summed E-state index contributed by atoms with van der Waals surface area (Å²) in [5.74, 6) is 0.276. The summed E-state index contributed by atoms with van der Waals surface area (Å²) in [4.78, 5) is 63.4. The topological polar surface area (TPSA) is 210 Å². The Hall–Kier alpha value is -5.32. The van der Waals surface area contributed by atoms with Gasteiger partial charge in [-0.05, 0) is 60.9 Å². The molecular formula is C37H47N9O7. The number of likely N-dealkylation sites (tertiary alicyclic amines) is 2. The summed E-state index contributed by atoms with van der Waals surface area (Å²) >= 11 is 0. The van der Waals surface area contributed by atoms with Crippen molar-refractivity contribution >= 4 is 40.5 Å². The Morgan fingerprint density at radius 3 is 2.36 bits per heavy atom. The van der Waals surface area contributed by atoms with Gasteiger partial charge in [0.25, 0.3) is 0 Å². The number of carbonyl (C=O) groups is 4. The zero-order valence-electron chi connectivity index (χ0n) is 30.2. The number of hydrogen-bond acceptors (Lipinski definition) is 10. The molecular weight excluding hydrogens is 682 g/mol. The molecule has 6 N–H and O–H groups in total. The lowest BCUT2D eigenvalue weighted by atomic mass is 10.0. The Bertz CT molecular complexity index is 1910. The Morgan fingerprint density at radius 1 is 0.906 bits per heavy atom. The van der Waals surface area contributed by atoms with Crippen molar-refractivity contribution in [2.45, 2.75) is 62.7 Å². The molecule has 0 aliphatic carbocycles. The first-order valence-electron chi connectivity index (χ1n) is 17.9. The van der Waals surface area contributed by atoms with Gasteiger partial charge in [-0.1, -0.05) is 30.3 Å². The lowest BCUT2D eigenvalue weighted by molar-refractivity contribution is -0.138. The average Bonchev–Trinajstić information content (AvgIpc) is 4.02. The largest absolute Gasteiger partial charge is 0.453 e. The fraction of sp³-hybridized carbons (Fsp3) is 0.459. The van der Waals surface area contributed by atoms with Gasteiger partial charge in [-0.25, -0.2) is 9.78 Å². The minimum Gasteiger partial charge on any atom is -0.453 e. The summed E-state index contributed by atoms with van der Waals surface area (Å²) in [6.07, 6.45) is 4.58. The third-order valence-electron chi connectivity index (χ3n) is 9.96. The molecule has 2 aromatic carbocycles. The first-order chi connectivity index (χ1) is 25.7. The van der Waals surface area contributed by atoms with E-state index in [1.807, 2.05) is 47.4 Å². The van der Waals surface area contributed by atoms with Crippen LogP contribution in [-0.4, -0.2) is 120 Å². The van der Waals surface area contributed by atoms with Gasteiger partial charge in [-0.2, -0.15) is 5.10 Å². The second kappa shape index (κ2) is 17.0. The normalized spacial score (nSPS) is 18.3. The van der Waals surface area contributed by atoms with E-state index in [4.69, 9.17) is 19.9 Å². The Kier molecular flexibility index (Phi) is 12.0. The van der Waals surface area contributed by atoms with Gasteiger partial charge < -0.3 is 45.4 Å². The molecule has 0 unspecified atom stereocenters. The molecule has 4 atom stereocenters. The number of hydrogen-bond donors (Lipinski definition) is 5. The van der Waals surface area contributed by atoms with Crippen molar-refractivity contribution in [3.05, 3.63) is 54.5 Å². The smallest absolute Gasteiger partial charge is 0.407 e. The number of ether oxygens (including phenoxy) is 3. The van der Waals surface area contributed by atoms with E-state index < -0.39 is 24.2 Å². The molecule has 2 aliphatic heterocycles. The minimum absolute atomic E-state index is 0.0864. The van der Waals surface area contributed by atoms with E-state index in [0.29, 0.717) is 44.8 Å². The molecule has 282 valence electrons. The van der Waals surface area contributed by atoms with Crippen LogP contribution >= 0.6 is 0 Å². The molecule has 4 amide bonds. The van der Waals surface area contributed by atoms with Crippen molar-refractivity contribution in [1.29, 1.82) is 0 Å². The highest BCUT2D eigenvalue weighted by Crippen LogP contribution is 2.33. The first-order valence-corrected chi connectivity index (χ1v) is 17.9. The van der Waals surface area contributed by atoms with Crippen LogP contribution in [0.3, 0.4) is 0 Å². The molecule has 0 spiro atoms. The van der Waals surface area contributed by atoms with Crippen LogP contribution in [0.5, 0.6) is 0 Å². The van der Waals surface area contributed by atoms with E-state index in [1.54, 1.807) is 13.3 Å². The number of methoxy groups -OCH3 is 3. The molecule has 2 aromatic heterocycles. The summed E-state index contributed by atoms with van der Waals surface area (Å²) in [7, 11) is 4.33. The molecule has 16 heteroatoms. The van der Waals surface area contributed by atoms with Gasteiger partial charge in [0.15, 0.2) is 5.82 Å². The number of alkyl carbamates (subject to hydrolysis) is 1. The number of aromatic amines is 2. The molecule has 4 heterocycles. The number of aromatic nitrogens is 4. The Balaban J connectivity index is 1.13. The van der Waals surface area contributed by atoms with Crippen LogP contribution in [0.15, 0.2) is 48.7 Å². The predicted octanol–water partition coefficient (Wildman–Crippen LogP) is 3.34. The van der Waals surface area contributed by atoms with Crippen molar-refractivity contribution in [2.24, 2.45) is 5.73 Å².